The lowest BCUT2D eigenvalue weighted by Gasteiger charge is -2.36. The molecule has 1 heterocycles. The number of benzene rings is 2. The number of carbonyl (C=O) groups is 1. The highest BCUT2D eigenvalue weighted by atomic mass is 35.5. The first-order valence-corrected chi connectivity index (χ1v) is 11.9. The van der Waals surface area contributed by atoms with Crippen molar-refractivity contribution in [2.45, 2.75) is 37.6 Å². The summed E-state index contributed by atoms with van der Waals surface area (Å²) in [6.45, 7) is 4.82. The van der Waals surface area contributed by atoms with Crippen molar-refractivity contribution in [3.8, 4) is 11.5 Å². The number of nitrogens with zero attached hydrogens (tertiary/aromatic N) is 1. The molecule has 0 bridgehead atoms. The van der Waals surface area contributed by atoms with Crippen LogP contribution in [0.5, 0.6) is 11.5 Å². The Kier molecular flexibility index (Phi) is 7.46. The van der Waals surface area contributed by atoms with Gasteiger partial charge in [0.2, 0.25) is 10.0 Å². The number of sulfonamides is 1. The van der Waals surface area contributed by atoms with Crippen molar-refractivity contribution in [3.05, 3.63) is 52.5 Å². The molecule has 0 amide bonds. The fourth-order valence-corrected chi connectivity index (χ4v) is 5.84. The Balaban J connectivity index is 2.13. The molecule has 1 aliphatic heterocycles. The van der Waals surface area contributed by atoms with E-state index in [0.29, 0.717) is 36.7 Å². The van der Waals surface area contributed by atoms with Gasteiger partial charge >= 0.3 is 5.97 Å². The third-order valence-electron chi connectivity index (χ3n) is 5.12. The van der Waals surface area contributed by atoms with Gasteiger partial charge in [0.05, 0.1) is 37.8 Å². The Bertz CT molecular complexity index is 1060. The summed E-state index contributed by atoms with van der Waals surface area (Å²) in [4.78, 5) is 12.2. The molecule has 0 spiro atoms. The van der Waals surface area contributed by atoms with Crippen LogP contribution in [0.4, 0.5) is 0 Å². The van der Waals surface area contributed by atoms with Gasteiger partial charge < -0.3 is 14.2 Å². The van der Waals surface area contributed by atoms with Gasteiger partial charge in [0.1, 0.15) is 4.90 Å². The molecule has 0 saturated carbocycles. The van der Waals surface area contributed by atoms with E-state index in [1.165, 1.54) is 23.5 Å². The molecule has 0 fully saturated rings. The van der Waals surface area contributed by atoms with Crippen LogP contribution in [0.3, 0.4) is 0 Å². The van der Waals surface area contributed by atoms with E-state index in [9.17, 15) is 13.2 Å². The van der Waals surface area contributed by atoms with Crippen LogP contribution in [0.25, 0.3) is 0 Å². The summed E-state index contributed by atoms with van der Waals surface area (Å²) in [5, 5.41) is 0.131. The Hall–Kier alpha value is -2.29. The van der Waals surface area contributed by atoms with Crippen LogP contribution < -0.4 is 9.47 Å². The number of carbonyl (C=O) groups excluding carboxylic acids is 1. The predicted octanol–water partition coefficient (Wildman–Crippen LogP) is 3.99. The smallest absolute Gasteiger partial charge is 0.307 e. The molecule has 7 nitrogen and oxygen atoms in total. The largest absolute Gasteiger partial charge is 0.490 e. The average molecular weight is 468 g/mol. The Morgan fingerprint density at radius 2 is 1.77 bits per heavy atom. The number of hydrogen-bond donors (Lipinski definition) is 0. The van der Waals surface area contributed by atoms with Gasteiger partial charge in [-0.05, 0) is 55.7 Å². The summed E-state index contributed by atoms with van der Waals surface area (Å²) in [6, 6.07) is 9.16. The van der Waals surface area contributed by atoms with E-state index in [-0.39, 0.29) is 22.9 Å². The lowest BCUT2D eigenvalue weighted by molar-refractivity contribution is -0.141. The average Bonchev–Trinajstić information content (AvgIpc) is 2.74. The van der Waals surface area contributed by atoms with Crippen molar-refractivity contribution in [1.82, 2.24) is 4.31 Å². The van der Waals surface area contributed by atoms with Gasteiger partial charge in [0, 0.05) is 6.54 Å². The lowest BCUT2D eigenvalue weighted by atomic mass is 9.91. The van der Waals surface area contributed by atoms with Crippen LogP contribution in [0.2, 0.25) is 5.02 Å². The van der Waals surface area contributed by atoms with E-state index in [4.69, 9.17) is 25.8 Å². The molecule has 0 radical (unpaired) electrons. The maximum Gasteiger partial charge on any atom is 0.307 e. The number of rotatable bonds is 8. The van der Waals surface area contributed by atoms with Crippen LogP contribution in [0, 0.1) is 0 Å². The molecule has 0 saturated heterocycles. The Labute approximate surface area is 187 Å². The molecule has 0 aliphatic carbocycles. The molecule has 9 heteroatoms. The van der Waals surface area contributed by atoms with Crippen LogP contribution >= 0.6 is 11.6 Å². The highest BCUT2D eigenvalue weighted by molar-refractivity contribution is 7.89. The fourth-order valence-electron chi connectivity index (χ4n) is 3.74. The molecule has 168 valence electrons. The number of ether oxygens (including phenoxy) is 3. The van der Waals surface area contributed by atoms with Crippen molar-refractivity contribution < 1.29 is 27.4 Å². The second-order valence-electron chi connectivity index (χ2n) is 6.96. The highest BCUT2D eigenvalue weighted by Gasteiger charge is 2.39. The summed E-state index contributed by atoms with van der Waals surface area (Å²) >= 11 is 6.20. The predicted molar refractivity (Wildman–Crippen MR) is 117 cm³/mol. The van der Waals surface area contributed by atoms with Gasteiger partial charge in [-0.2, -0.15) is 4.31 Å². The standard InChI is InChI=1S/C22H26ClNO6S/c1-4-29-19-12-15-10-11-24(31(26,27)21-9-7-6-8-17(21)23)18(14-22(25)28-3)16(15)13-20(19)30-5-2/h6-9,12-13,18H,4-5,10-11,14H2,1-3H3/t18-/m1/s1. The number of halogens is 1. The van der Waals surface area contributed by atoms with Gasteiger partial charge in [-0.1, -0.05) is 23.7 Å². The molecule has 0 N–H and O–H groups in total. The summed E-state index contributed by atoms with van der Waals surface area (Å²) in [6.07, 6.45) is 0.329. The molecular weight excluding hydrogens is 442 g/mol. The molecule has 3 rings (SSSR count). The zero-order chi connectivity index (χ0) is 22.6. The van der Waals surface area contributed by atoms with E-state index in [1.807, 2.05) is 19.9 Å². The monoisotopic (exact) mass is 467 g/mol. The highest BCUT2D eigenvalue weighted by Crippen LogP contribution is 2.42. The molecule has 0 aromatic heterocycles. The second-order valence-corrected chi connectivity index (χ2v) is 9.22. The number of fused-ring (bicyclic) bond motifs is 1. The molecule has 2 aromatic rings. The van der Waals surface area contributed by atoms with Crippen molar-refractivity contribution in [2.75, 3.05) is 26.9 Å². The zero-order valence-electron chi connectivity index (χ0n) is 17.8. The number of esters is 1. The van der Waals surface area contributed by atoms with E-state index < -0.39 is 22.0 Å². The fraction of sp³-hybridized carbons (Fsp3) is 0.409. The van der Waals surface area contributed by atoms with Gasteiger partial charge in [-0.15, -0.1) is 0 Å². The number of hydrogen-bond acceptors (Lipinski definition) is 6. The normalized spacial score (nSPS) is 16.5. The van der Waals surface area contributed by atoms with Crippen molar-refractivity contribution in [1.29, 1.82) is 0 Å². The molecule has 1 aliphatic rings. The summed E-state index contributed by atoms with van der Waals surface area (Å²) in [5.74, 6) is 0.598. The Morgan fingerprint density at radius 1 is 1.13 bits per heavy atom. The van der Waals surface area contributed by atoms with Gasteiger partial charge in [0.25, 0.3) is 0 Å². The minimum absolute atomic E-state index is 0.00551. The molecular formula is C22H26ClNO6S. The maximum absolute atomic E-state index is 13.5. The Morgan fingerprint density at radius 3 is 2.39 bits per heavy atom. The second kappa shape index (κ2) is 9.89. The summed E-state index contributed by atoms with van der Waals surface area (Å²) < 4.78 is 44.6. The molecule has 2 aromatic carbocycles. The van der Waals surface area contributed by atoms with E-state index in [1.54, 1.807) is 18.2 Å². The topological polar surface area (TPSA) is 82.1 Å². The van der Waals surface area contributed by atoms with Crippen LogP contribution in [-0.4, -0.2) is 45.6 Å². The first-order valence-electron chi connectivity index (χ1n) is 10.1. The molecule has 1 atom stereocenters. The van der Waals surface area contributed by atoms with E-state index in [0.717, 1.165) is 5.56 Å². The number of methoxy groups -OCH3 is 1. The van der Waals surface area contributed by atoms with Crippen LogP contribution in [0.15, 0.2) is 41.3 Å². The molecule has 31 heavy (non-hydrogen) atoms. The third kappa shape index (κ3) is 4.81. The van der Waals surface area contributed by atoms with Crippen molar-refractivity contribution >= 4 is 27.6 Å². The van der Waals surface area contributed by atoms with Crippen LogP contribution in [-0.2, 0) is 26.0 Å². The SMILES string of the molecule is CCOc1cc2c(cc1OCC)[C@@H](CC(=O)OC)N(S(=O)(=O)c1ccccc1Cl)CC2. The van der Waals surface area contributed by atoms with Gasteiger partial charge in [0.15, 0.2) is 11.5 Å². The van der Waals surface area contributed by atoms with Gasteiger partial charge in [-0.25, -0.2) is 8.42 Å². The van der Waals surface area contributed by atoms with Crippen molar-refractivity contribution in [2.24, 2.45) is 0 Å². The zero-order valence-corrected chi connectivity index (χ0v) is 19.3. The minimum Gasteiger partial charge on any atom is -0.490 e. The van der Waals surface area contributed by atoms with Gasteiger partial charge in [-0.3, -0.25) is 4.79 Å². The van der Waals surface area contributed by atoms with Crippen LogP contribution in [0.1, 0.15) is 37.4 Å². The summed E-state index contributed by atoms with van der Waals surface area (Å²) in [5.41, 5.74) is 1.60. The van der Waals surface area contributed by atoms with E-state index >= 15 is 0 Å². The van der Waals surface area contributed by atoms with E-state index in [2.05, 4.69) is 0 Å². The quantitative estimate of drug-likeness (QED) is 0.546. The summed E-state index contributed by atoms with van der Waals surface area (Å²) in [7, 11) is -2.68. The lowest BCUT2D eigenvalue weighted by Crippen LogP contribution is -2.41. The first kappa shape index (κ1) is 23.4. The van der Waals surface area contributed by atoms with Crippen molar-refractivity contribution in [3.63, 3.8) is 0 Å². The minimum atomic E-state index is -3.96. The first-order chi connectivity index (χ1) is 14.8. The third-order valence-corrected chi connectivity index (χ3v) is 7.53. The maximum atomic E-state index is 13.5. The molecule has 0 unspecified atom stereocenters.